The van der Waals surface area contributed by atoms with Crippen LogP contribution in [0.5, 0.6) is 0 Å². The van der Waals surface area contributed by atoms with Crippen LogP contribution < -0.4 is 11.1 Å². The largest absolute Gasteiger partial charge is 0.352 e. The van der Waals surface area contributed by atoms with E-state index in [9.17, 15) is 9.59 Å². The molecule has 1 aromatic carbocycles. The van der Waals surface area contributed by atoms with Gasteiger partial charge in [-0.25, -0.2) is 4.79 Å². The molecule has 0 aromatic heterocycles. The van der Waals surface area contributed by atoms with Gasteiger partial charge in [0.1, 0.15) is 0 Å². The lowest BCUT2D eigenvalue weighted by Gasteiger charge is -2.50. The molecule has 0 aliphatic carbocycles. The molecule has 1 unspecified atom stereocenters. The number of likely N-dealkylation sites (tertiary alicyclic amines) is 2. The fourth-order valence-corrected chi connectivity index (χ4v) is 4.56. The maximum Gasteiger partial charge on any atom is 0.312 e. The summed E-state index contributed by atoms with van der Waals surface area (Å²) in [6, 6.07) is 10.2. The first-order valence-corrected chi connectivity index (χ1v) is 9.60. The highest BCUT2D eigenvalue weighted by Crippen LogP contribution is 2.44. The number of nitrogens with zero attached hydrogens (tertiary/aromatic N) is 2. The molecule has 2 aliphatic heterocycles. The Morgan fingerprint density at radius 3 is 2.54 bits per heavy atom. The topological polar surface area (TPSA) is 78.7 Å². The molecule has 1 spiro atoms. The standard InChI is InChI=1S/C20H30N4O2/c1-2-23-14-17(16-6-4-3-5-7-16)12-20(15-23)8-10-24(11-9-20)18(25)13-22-19(21)26/h3-7,17H,2,8-15H2,1H3,(H3,21,22,26). The minimum atomic E-state index is -0.650. The van der Waals surface area contributed by atoms with Gasteiger partial charge in [0, 0.05) is 26.2 Å². The van der Waals surface area contributed by atoms with Gasteiger partial charge in [0.15, 0.2) is 0 Å². The average Bonchev–Trinajstić information content (AvgIpc) is 2.67. The highest BCUT2D eigenvalue weighted by Gasteiger charge is 2.42. The molecule has 3 N–H and O–H groups in total. The maximum atomic E-state index is 12.2. The molecular formula is C20H30N4O2. The van der Waals surface area contributed by atoms with Crippen LogP contribution in [0.1, 0.15) is 37.7 Å². The molecule has 3 amide bonds. The van der Waals surface area contributed by atoms with Crippen molar-refractivity contribution in [2.45, 2.75) is 32.1 Å². The van der Waals surface area contributed by atoms with Crippen LogP contribution in [0, 0.1) is 5.41 Å². The number of primary amides is 1. The molecule has 1 atom stereocenters. The van der Waals surface area contributed by atoms with E-state index < -0.39 is 6.03 Å². The minimum absolute atomic E-state index is 0.00391. The number of piperidine rings is 2. The Balaban J connectivity index is 1.64. The van der Waals surface area contributed by atoms with Crippen molar-refractivity contribution in [2.75, 3.05) is 39.3 Å². The van der Waals surface area contributed by atoms with E-state index in [-0.39, 0.29) is 17.9 Å². The van der Waals surface area contributed by atoms with Crippen LogP contribution in [0.25, 0.3) is 0 Å². The number of rotatable bonds is 4. The third kappa shape index (κ3) is 4.36. The molecule has 6 nitrogen and oxygen atoms in total. The van der Waals surface area contributed by atoms with Crippen molar-refractivity contribution in [1.82, 2.24) is 15.1 Å². The number of likely N-dealkylation sites (N-methyl/N-ethyl adjacent to an activating group) is 1. The average molecular weight is 358 g/mol. The van der Waals surface area contributed by atoms with Gasteiger partial charge >= 0.3 is 6.03 Å². The van der Waals surface area contributed by atoms with E-state index in [1.807, 2.05) is 4.90 Å². The molecule has 2 heterocycles. The number of hydrogen-bond acceptors (Lipinski definition) is 3. The smallest absolute Gasteiger partial charge is 0.312 e. The molecule has 2 fully saturated rings. The second-order valence-corrected chi connectivity index (χ2v) is 7.74. The first-order valence-electron chi connectivity index (χ1n) is 9.60. The first kappa shape index (κ1) is 18.7. The van der Waals surface area contributed by atoms with Gasteiger partial charge in [-0.2, -0.15) is 0 Å². The third-order valence-electron chi connectivity index (χ3n) is 6.03. The molecule has 3 rings (SSSR count). The molecule has 0 bridgehead atoms. The summed E-state index contributed by atoms with van der Waals surface area (Å²) in [6.07, 6.45) is 3.24. The number of urea groups is 1. The van der Waals surface area contributed by atoms with Gasteiger partial charge < -0.3 is 20.9 Å². The lowest BCUT2D eigenvalue weighted by Crippen LogP contribution is -2.53. The monoisotopic (exact) mass is 358 g/mol. The van der Waals surface area contributed by atoms with E-state index in [2.05, 4.69) is 47.5 Å². The second kappa shape index (κ2) is 8.08. The van der Waals surface area contributed by atoms with Crippen molar-refractivity contribution >= 4 is 11.9 Å². The van der Waals surface area contributed by atoms with E-state index in [1.165, 1.54) is 12.0 Å². The molecule has 0 radical (unpaired) electrons. The van der Waals surface area contributed by atoms with Gasteiger partial charge in [-0.15, -0.1) is 0 Å². The summed E-state index contributed by atoms with van der Waals surface area (Å²) in [5.41, 5.74) is 6.76. The van der Waals surface area contributed by atoms with Crippen LogP contribution >= 0.6 is 0 Å². The van der Waals surface area contributed by atoms with Gasteiger partial charge in [-0.3, -0.25) is 4.79 Å². The summed E-state index contributed by atoms with van der Waals surface area (Å²) in [5.74, 6) is 0.519. The predicted molar refractivity (Wildman–Crippen MR) is 102 cm³/mol. The summed E-state index contributed by atoms with van der Waals surface area (Å²) < 4.78 is 0. The van der Waals surface area contributed by atoms with Crippen LogP contribution in [0.4, 0.5) is 4.79 Å². The first-order chi connectivity index (χ1) is 12.5. The summed E-state index contributed by atoms with van der Waals surface area (Å²) in [4.78, 5) is 27.5. The molecule has 0 saturated carbocycles. The van der Waals surface area contributed by atoms with E-state index in [1.54, 1.807) is 0 Å². The normalized spacial score (nSPS) is 23.0. The van der Waals surface area contributed by atoms with Gasteiger partial charge in [0.05, 0.1) is 6.54 Å². The van der Waals surface area contributed by atoms with Gasteiger partial charge in [0.25, 0.3) is 0 Å². The molecule has 2 aliphatic rings. The van der Waals surface area contributed by atoms with Crippen molar-refractivity contribution in [3.05, 3.63) is 35.9 Å². The van der Waals surface area contributed by atoms with Crippen LogP contribution in [0.3, 0.4) is 0 Å². The zero-order valence-corrected chi connectivity index (χ0v) is 15.6. The Labute approximate surface area is 155 Å². The van der Waals surface area contributed by atoms with Crippen LogP contribution in [-0.2, 0) is 4.79 Å². The zero-order valence-electron chi connectivity index (χ0n) is 15.6. The van der Waals surface area contributed by atoms with Crippen LogP contribution in [0.15, 0.2) is 30.3 Å². The molecule has 26 heavy (non-hydrogen) atoms. The molecular weight excluding hydrogens is 328 g/mol. The quantitative estimate of drug-likeness (QED) is 0.861. The number of hydrogen-bond donors (Lipinski definition) is 2. The molecule has 1 aromatic rings. The Kier molecular flexibility index (Phi) is 5.81. The number of amides is 3. The Bertz CT molecular complexity index is 626. The fraction of sp³-hybridized carbons (Fsp3) is 0.600. The fourth-order valence-electron chi connectivity index (χ4n) is 4.56. The van der Waals surface area contributed by atoms with E-state index >= 15 is 0 Å². The lowest BCUT2D eigenvalue weighted by atomic mass is 9.68. The SMILES string of the molecule is CCN1CC(c2ccccc2)CC2(CCN(C(=O)CNC(N)=O)CC2)C1. The van der Waals surface area contributed by atoms with Crippen molar-refractivity contribution in [3.63, 3.8) is 0 Å². The van der Waals surface area contributed by atoms with E-state index in [4.69, 9.17) is 5.73 Å². The summed E-state index contributed by atoms with van der Waals surface area (Å²) in [5, 5.41) is 2.40. The molecule has 2 saturated heterocycles. The van der Waals surface area contributed by atoms with Gasteiger partial charge in [0.2, 0.25) is 5.91 Å². The summed E-state index contributed by atoms with van der Waals surface area (Å²) in [7, 11) is 0. The minimum Gasteiger partial charge on any atom is -0.352 e. The van der Waals surface area contributed by atoms with Crippen molar-refractivity contribution in [1.29, 1.82) is 0 Å². The van der Waals surface area contributed by atoms with Gasteiger partial charge in [-0.05, 0) is 42.7 Å². The number of nitrogens with one attached hydrogen (secondary N) is 1. The highest BCUT2D eigenvalue weighted by molar-refractivity contribution is 5.83. The third-order valence-corrected chi connectivity index (χ3v) is 6.03. The van der Waals surface area contributed by atoms with Crippen LogP contribution in [-0.4, -0.2) is 61.0 Å². The summed E-state index contributed by atoms with van der Waals surface area (Å²) in [6.45, 7) is 7.06. The highest BCUT2D eigenvalue weighted by atomic mass is 16.2. The number of carbonyl (C=O) groups excluding carboxylic acids is 2. The number of nitrogens with two attached hydrogens (primary N) is 1. The lowest BCUT2D eigenvalue weighted by molar-refractivity contribution is -0.133. The summed E-state index contributed by atoms with van der Waals surface area (Å²) >= 11 is 0. The Morgan fingerprint density at radius 1 is 1.23 bits per heavy atom. The Morgan fingerprint density at radius 2 is 1.92 bits per heavy atom. The van der Waals surface area contributed by atoms with Crippen molar-refractivity contribution in [3.8, 4) is 0 Å². The molecule has 6 heteroatoms. The van der Waals surface area contributed by atoms with E-state index in [0.717, 1.165) is 45.6 Å². The second-order valence-electron chi connectivity index (χ2n) is 7.74. The van der Waals surface area contributed by atoms with Gasteiger partial charge in [-0.1, -0.05) is 37.3 Å². The zero-order chi connectivity index (χ0) is 18.6. The van der Waals surface area contributed by atoms with Crippen molar-refractivity contribution in [2.24, 2.45) is 11.1 Å². The molecule has 142 valence electrons. The number of benzene rings is 1. The maximum absolute atomic E-state index is 12.2. The van der Waals surface area contributed by atoms with E-state index in [0.29, 0.717) is 5.92 Å². The van der Waals surface area contributed by atoms with Crippen molar-refractivity contribution < 1.29 is 9.59 Å². The van der Waals surface area contributed by atoms with Crippen LogP contribution in [0.2, 0.25) is 0 Å². The number of carbonyl (C=O) groups is 2. The Hall–Kier alpha value is -2.08. The predicted octanol–water partition coefficient (Wildman–Crippen LogP) is 1.77.